The lowest BCUT2D eigenvalue weighted by molar-refractivity contribution is -0.146. The number of carbonyl (C=O) groups is 4. The van der Waals surface area contributed by atoms with E-state index in [4.69, 9.17) is 10.5 Å². The maximum absolute atomic E-state index is 14.3. The zero-order valence-corrected chi connectivity index (χ0v) is 24.8. The lowest BCUT2D eigenvalue weighted by atomic mass is 9.91. The quantitative estimate of drug-likeness (QED) is 0.370. The van der Waals surface area contributed by atoms with Gasteiger partial charge in [-0.1, -0.05) is 32.0 Å². The Balaban J connectivity index is 3.73. The SMILES string of the molecule is Cc1cccc(C)c1C(C(=O)NC(C)C)N(C(=O)C(CC(N)=O)NC(=O)OC(C)(C)C)C(C)CCC(C)C. The van der Waals surface area contributed by atoms with Gasteiger partial charge in [-0.2, -0.15) is 0 Å². The zero-order valence-electron chi connectivity index (χ0n) is 24.8. The number of aryl methyl sites for hydroxylation is 2. The van der Waals surface area contributed by atoms with Crippen molar-refractivity contribution < 1.29 is 23.9 Å². The van der Waals surface area contributed by atoms with Crippen LogP contribution in [-0.4, -0.2) is 52.4 Å². The largest absolute Gasteiger partial charge is 0.444 e. The topological polar surface area (TPSA) is 131 Å². The van der Waals surface area contributed by atoms with E-state index in [9.17, 15) is 19.2 Å². The van der Waals surface area contributed by atoms with Crippen LogP contribution in [0.4, 0.5) is 4.79 Å². The van der Waals surface area contributed by atoms with E-state index in [1.54, 1.807) is 20.8 Å². The second-order valence-electron chi connectivity index (χ2n) is 11.8. The highest BCUT2D eigenvalue weighted by Crippen LogP contribution is 2.32. The summed E-state index contributed by atoms with van der Waals surface area (Å²) in [5.74, 6) is -1.29. The molecular weight excluding hydrogens is 484 g/mol. The van der Waals surface area contributed by atoms with Gasteiger partial charge in [-0.3, -0.25) is 14.4 Å². The molecule has 9 nitrogen and oxygen atoms in total. The monoisotopic (exact) mass is 532 g/mol. The minimum atomic E-state index is -1.30. The fourth-order valence-electron chi connectivity index (χ4n) is 4.36. The predicted octanol–water partition coefficient (Wildman–Crippen LogP) is 4.29. The molecule has 0 saturated carbocycles. The number of hydrogen-bond donors (Lipinski definition) is 3. The van der Waals surface area contributed by atoms with Crippen LogP contribution in [0, 0.1) is 19.8 Å². The van der Waals surface area contributed by atoms with Crippen LogP contribution >= 0.6 is 0 Å². The van der Waals surface area contributed by atoms with Crippen LogP contribution in [-0.2, 0) is 19.1 Å². The second kappa shape index (κ2) is 14.2. The summed E-state index contributed by atoms with van der Waals surface area (Å²) < 4.78 is 5.35. The first-order chi connectivity index (χ1) is 17.4. The maximum atomic E-state index is 14.3. The van der Waals surface area contributed by atoms with Crippen molar-refractivity contribution in [1.82, 2.24) is 15.5 Å². The number of nitrogens with zero attached hydrogens (tertiary/aromatic N) is 1. The number of carbonyl (C=O) groups excluding carboxylic acids is 4. The van der Waals surface area contributed by atoms with E-state index in [-0.39, 0.29) is 18.0 Å². The number of ether oxygens (including phenoxy) is 1. The summed E-state index contributed by atoms with van der Waals surface area (Å²) in [5, 5.41) is 5.50. The summed E-state index contributed by atoms with van der Waals surface area (Å²) in [6, 6.07) is 2.87. The Bertz CT molecular complexity index is 963. The molecule has 9 heteroatoms. The van der Waals surface area contributed by atoms with Gasteiger partial charge in [-0.05, 0) is 90.8 Å². The highest BCUT2D eigenvalue weighted by atomic mass is 16.6. The van der Waals surface area contributed by atoms with Gasteiger partial charge >= 0.3 is 6.09 Å². The lowest BCUT2D eigenvalue weighted by Crippen LogP contribution is -2.57. The molecule has 1 aromatic carbocycles. The first-order valence-corrected chi connectivity index (χ1v) is 13.4. The van der Waals surface area contributed by atoms with Crippen molar-refractivity contribution in [2.24, 2.45) is 11.7 Å². The summed E-state index contributed by atoms with van der Waals surface area (Å²) in [6.45, 7) is 18.7. The van der Waals surface area contributed by atoms with Gasteiger partial charge in [0.25, 0.3) is 0 Å². The number of rotatable bonds is 12. The van der Waals surface area contributed by atoms with Crippen molar-refractivity contribution in [2.75, 3.05) is 0 Å². The highest BCUT2D eigenvalue weighted by molar-refractivity contribution is 5.95. The third-order valence-electron chi connectivity index (χ3n) is 6.06. The molecule has 0 aliphatic rings. The number of benzene rings is 1. The van der Waals surface area contributed by atoms with Crippen molar-refractivity contribution in [1.29, 1.82) is 0 Å². The van der Waals surface area contributed by atoms with E-state index in [0.717, 1.165) is 17.5 Å². The van der Waals surface area contributed by atoms with Crippen LogP contribution in [0.25, 0.3) is 0 Å². The maximum Gasteiger partial charge on any atom is 0.408 e. The smallest absolute Gasteiger partial charge is 0.408 e. The first kappa shape index (κ1) is 32.9. The van der Waals surface area contributed by atoms with E-state index in [2.05, 4.69) is 24.5 Å². The lowest BCUT2D eigenvalue weighted by Gasteiger charge is -2.40. The molecule has 214 valence electrons. The minimum Gasteiger partial charge on any atom is -0.444 e. The van der Waals surface area contributed by atoms with Gasteiger partial charge in [-0.25, -0.2) is 4.79 Å². The molecule has 0 bridgehead atoms. The van der Waals surface area contributed by atoms with Gasteiger partial charge in [0.1, 0.15) is 17.7 Å². The summed E-state index contributed by atoms with van der Waals surface area (Å²) in [4.78, 5) is 54.2. The van der Waals surface area contributed by atoms with E-state index < -0.39 is 42.0 Å². The molecule has 0 aliphatic heterocycles. The number of amides is 4. The minimum absolute atomic E-state index is 0.168. The van der Waals surface area contributed by atoms with Crippen molar-refractivity contribution in [3.8, 4) is 0 Å². The van der Waals surface area contributed by atoms with Gasteiger partial charge in [0.05, 0.1) is 6.42 Å². The summed E-state index contributed by atoms with van der Waals surface area (Å²) >= 11 is 0. The molecule has 38 heavy (non-hydrogen) atoms. The number of hydrogen-bond acceptors (Lipinski definition) is 5. The van der Waals surface area contributed by atoms with Crippen LogP contribution in [0.5, 0.6) is 0 Å². The molecule has 0 aliphatic carbocycles. The fourth-order valence-corrected chi connectivity index (χ4v) is 4.36. The van der Waals surface area contributed by atoms with Crippen LogP contribution in [0.3, 0.4) is 0 Å². The Labute approximate surface area is 228 Å². The van der Waals surface area contributed by atoms with Gasteiger partial charge in [-0.15, -0.1) is 0 Å². The number of nitrogens with two attached hydrogens (primary N) is 1. The van der Waals surface area contributed by atoms with Crippen molar-refractivity contribution in [2.45, 2.75) is 118 Å². The van der Waals surface area contributed by atoms with Gasteiger partial charge < -0.3 is 26.0 Å². The Morgan fingerprint density at radius 2 is 1.50 bits per heavy atom. The van der Waals surface area contributed by atoms with Crippen LogP contribution in [0.2, 0.25) is 0 Å². The molecule has 3 atom stereocenters. The van der Waals surface area contributed by atoms with Crippen LogP contribution in [0.15, 0.2) is 18.2 Å². The Morgan fingerprint density at radius 1 is 0.947 bits per heavy atom. The molecule has 4 amide bonds. The number of alkyl carbamates (subject to hydrolysis) is 1. The fraction of sp³-hybridized carbons (Fsp3) is 0.655. The standard InChI is InChI=1S/C29H48N4O5/c1-17(2)14-15-21(7)33(27(36)22(16-23(30)34)32-28(37)38-29(8,9)10)25(26(35)31-18(3)4)24-19(5)12-11-13-20(24)6/h11-13,17-18,21-22,25H,14-16H2,1-10H3,(H2,30,34)(H,31,35)(H,32,37). The molecule has 0 spiro atoms. The molecular formula is C29H48N4O5. The van der Waals surface area contributed by atoms with Gasteiger partial charge in [0.15, 0.2) is 0 Å². The van der Waals surface area contributed by atoms with E-state index >= 15 is 0 Å². The Kier molecular flexibility index (Phi) is 12.3. The third-order valence-corrected chi connectivity index (χ3v) is 6.06. The van der Waals surface area contributed by atoms with Gasteiger partial charge in [0, 0.05) is 12.1 Å². The van der Waals surface area contributed by atoms with Crippen LogP contribution in [0.1, 0.15) is 97.4 Å². The van der Waals surface area contributed by atoms with E-state index in [1.165, 1.54) is 4.90 Å². The molecule has 0 saturated heterocycles. The van der Waals surface area contributed by atoms with E-state index in [1.807, 2.05) is 52.8 Å². The van der Waals surface area contributed by atoms with E-state index in [0.29, 0.717) is 17.9 Å². The average Bonchev–Trinajstić information content (AvgIpc) is 2.73. The third kappa shape index (κ3) is 10.3. The zero-order chi connectivity index (χ0) is 29.4. The molecule has 4 N–H and O–H groups in total. The van der Waals surface area contributed by atoms with Crippen molar-refractivity contribution in [3.05, 3.63) is 34.9 Å². The predicted molar refractivity (Wildman–Crippen MR) is 149 cm³/mol. The molecule has 0 fully saturated rings. The summed E-state index contributed by atoms with van der Waals surface area (Å²) in [5.41, 5.74) is 7.10. The molecule has 1 rings (SSSR count). The molecule has 1 aromatic rings. The van der Waals surface area contributed by atoms with Crippen molar-refractivity contribution >= 4 is 23.8 Å². The molecule has 0 heterocycles. The first-order valence-electron chi connectivity index (χ1n) is 13.4. The summed E-state index contributed by atoms with van der Waals surface area (Å²) in [7, 11) is 0. The highest BCUT2D eigenvalue weighted by Gasteiger charge is 2.40. The normalized spacial score (nSPS) is 14.0. The Hall–Kier alpha value is -3.10. The molecule has 3 unspecified atom stereocenters. The molecule has 0 aromatic heterocycles. The molecule has 0 radical (unpaired) electrons. The van der Waals surface area contributed by atoms with Crippen LogP contribution < -0.4 is 16.4 Å². The average molecular weight is 533 g/mol. The number of nitrogens with one attached hydrogen (secondary N) is 2. The Morgan fingerprint density at radius 3 is 1.95 bits per heavy atom. The van der Waals surface area contributed by atoms with Gasteiger partial charge in [0.2, 0.25) is 17.7 Å². The summed E-state index contributed by atoms with van der Waals surface area (Å²) in [6.07, 6.45) is 0.157. The van der Waals surface area contributed by atoms with Crippen molar-refractivity contribution in [3.63, 3.8) is 0 Å². The number of primary amides is 1. The second-order valence-corrected chi connectivity index (χ2v) is 11.8.